The van der Waals surface area contributed by atoms with Gasteiger partial charge < -0.3 is 14.8 Å². The highest BCUT2D eigenvalue weighted by atomic mass is 16.2. The van der Waals surface area contributed by atoms with Crippen molar-refractivity contribution in [3.63, 3.8) is 0 Å². The summed E-state index contributed by atoms with van der Waals surface area (Å²) in [5, 5.41) is 3.70. The Bertz CT molecular complexity index is 459. The van der Waals surface area contributed by atoms with E-state index >= 15 is 0 Å². The Hall–Kier alpha value is -1.36. The fourth-order valence-corrected chi connectivity index (χ4v) is 3.86. The summed E-state index contributed by atoms with van der Waals surface area (Å²) in [6, 6.07) is 0.961. The number of carbonyl (C=O) groups excluding carboxylic acids is 1. The molecule has 1 amide bonds. The summed E-state index contributed by atoms with van der Waals surface area (Å²) >= 11 is 0. The minimum Gasteiger partial charge on any atom is -0.342 e. The standard InChI is InChI=1S/C17H28N4O/c1-14(12-20-11-8-18-13-20)19-16-6-9-21(10-7-16)17(22)15-4-2-3-5-15/h8,11,13-16,19H,2-7,9-10,12H2,1H3. The molecule has 5 heteroatoms. The molecule has 0 radical (unpaired) electrons. The van der Waals surface area contributed by atoms with E-state index in [1.165, 1.54) is 12.8 Å². The predicted molar refractivity (Wildman–Crippen MR) is 86.4 cm³/mol. The third-order valence-corrected chi connectivity index (χ3v) is 5.08. The fourth-order valence-electron chi connectivity index (χ4n) is 3.86. The van der Waals surface area contributed by atoms with Crippen LogP contribution < -0.4 is 5.32 Å². The zero-order valence-corrected chi connectivity index (χ0v) is 13.6. The van der Waals surface area contributed by atoms with Crippen LogP contribution in [0.25, 0.3) is 0 Å². The smallest absolute Gasteiger partial charge is 0.225 e. The molecule has 122 valence electrons. The summed E-state index contributed by atoms with van der Waals surface area (Å²) in [5.41, 5.74) is 0. The molecule has 3 rings (SSSR count). The number of aromatic nitrogens is 2. The maximum atomic E-state index is 12.4. The van der Waals surface area contributed by atoms with Gasteiger partial charge in [0.05, 0.1) is 6.33 Å². The summed E-state index contributed by atoms with van der Waals surface area (Å²) in [4.78, 5) is 18.6. The van der Waals surface area contributed by atoms with Crippen LogP contribution in [0.2, 0.25) is 0 Å². The number of hydrogen-bond donors (Lipinski definition) is 1. The molecule has 1 aliphatic heterocycles. The lowest BCUT2D eigenvalue weighted by atomic mass is 10.0. The average Bonchev–Trinajstić information content (AvgIpc) is 3.20. The van der Waals surface area contributed by atoms with Gasteiger partial charge in [-0.25, -0.2) is 4.98 Å². The zero-order chi connectivity index (χ0) is 15.4. The van der Waals surface area contributed by atoms with Crippen molar-refractivity contribution in [2.45, 2.75) is 64.1 Å². The fraction of sp³-hybridized carbons (Fsp3) is 0.765. The molecule has 1 aromatic heterocycles. The summed E-state index contributed by atoms with van der Waals surface area (Å²) in [6.07, 6.45) is 12.5. The first-order chi connectivity index (χ1) is 10.7. The van der Waals surface area contributed by atoms with Crippen molar-refractivity contribution in [2.75, 3.05) is 13.1 Å². The molecule has 0 aromatic carbocycles. The van der Waals surface area contributed by atoms with Gasteiger partial charge in [-0.2, -0.15) is 0 Å². The molecule has 2 aliphatic rings. The monoisotopic (exact) mass is 304 g/mol. The van der Waals surface area contributed by atoms with Gasteiger partial charge >= 0.3 is 0 Å². The molecule has 22 heavy (non-hydrogen) atoms. The van der Waals surface area contributed by atoms with Gasteiger partial charge in [0.1, 0.15) is 0 Å². The van der Waals surface area contributed by atoms with Crippen molar-refractivity contribution in [1.82, 2.24) is 19.8 Å². The van der Waals surface area contributed by atoms with E-state index < -0.39 is 0 Å². The third kappa shape index (κ3) is 3.88. The lowest BCUT2D eigenvalue weighted by Gasteiger charge is -2.35. The van der Waals surface area contributed by atoms with Gasteiger partial charge in [0.2, 0.25) is 5.91 Å². The maximum Gasteiger partial charge on any atom is 0.225 e. The number of piperidine rings is 1. The second kappa shape index (κ2) is 7.27. The van der Waals surface area contributed by atoms with Crippen molar-refractivity contribution in [2.24, 2.45) is 5.92 Å². The van der Waals surface area contributed by atoms with E-state index in [0.29, 0.717) is 23.9 Å². The summed E-state index contributed by atoms with van der Waals surface area (Å²) in [6.45, 7) is 5.01. The van der Waals surface area contributed by atoms with Gasteiger partial charge in [0.25, 0.3) is 0 Å². The van der Waals surface area contributed by atoms with E-state index in [9.17, 15) is 4.79 Å². The molecule has 5 nitrogen and oxygen atoms in total. The molecule has 1 unspecified atom stereocenters. The van der Waals surface area contributed by atoms with Gasteiger partial charge in [-0.3, -0.25) is 4.79 Å². The largest absolute Gasteiger partial charge is 0.342 e. The van der Waals surface area contributed by atoms with Crippen LogP contribution in [0.15, 0.2) is 18.7 Å². The van der Waals surface area contributed by atoms with E-state index in [4.69, 9.17) is 0 Å². The van der Waals surface area contributed by atoms with Gasteiger partial charge in [-0.05, 0) is 32.6 Å². The molecule has 0 spiro atoms. The van der Waals surface area contributed by atoms with E-state index in [1.807, 2.05) is 18.7 Å². The second-order valence-corrected chi connectivity index (χ2v) is 6.91. The quantitative estimate of drug-likeness (QED) is 0.905. The summed E-state index contributed by atoms with van der Waals surface area (Å²) in [7, 11) is 0. The van der Waals surface area contributed by atoms with Crippen molar-refractivity contribution in [3.05, 3.63) is 18.7 Å². The first-order valence-corrected chi connectivity index (χ1v) is 8.73. The Labute approximate surface area is 133 Å². The number of imidazole rings is 1. The molecule has 1 aromatic rings. The highest BCUT2D eigenvalue weighted by Crippen LogP contribution is 2.27. The molecular formula is C17H28N4O. The van der Waals surface area contributed by atoms with Crippen molar-refractivity contribution >= 4 is 5.91 Å². The van der Waals surface area contributed by atoms with Crippen LogP contribution in [0.5, 0.6) is 0 Å². The number of likely N-dealkylation sites (tertiary alicyclic amines) is 1. The zero-order valence-electron chi connectivity index (χ0n) is 13.6. The van der Waals surface area contributed by atoms with Gasteiger partial charge in [-0.15, -0.1) is 0 Å². The van der Waals surface area contributed by atoms with E-state index in [0.717, 1.165) is 45.3 Å². The topological polar surface area (TPSA) is 50.2 Å². The average molecular weight is 304 g/mol. The number of hydrogen-bond acceptors (Lipinski definition) is 3. The molecule has 2 fully saturated rings. The number of nitrogens with one attached hydrogen (secondary N) is 1. The van der Waals surface area contributed by atoms with Crippen molar-refractivity contribution < 1.29 is 4.79 Å². The van der Waals surface area contributed by atoms with Crippen LogP contribution in [0.3, 0.4) is 0 Å². The van der Waals surface area contributed by atoms with E-state index in [1.54, 1.807) is 0 Å². The molecule has 1 saturated heterocycles. The SMILES string of the molecule is CC(Cn1ccnc1)NC1CCN(C(=O)C2CCCC2)CC1. The molecule has 1 saturated carbocycles. The first-order valence-electron chi connectivity index (χ1n) is 8.73. The molecule has 1 N–H and O–H groups in total. The van der Waals surface area contributed by atoms with Gasteiger partial charge in [-0.1, -0.05) is 12.8 Å². The van der Waals surface area contributed by atoms with Crippen LogP contribution in [0.4, 0.5) is 0 Å². The third-order valence-electron chi connectivity index (χ3n) is 5.08. The van der Waals surface area contributed by atoms with Crippen LogP contribution in [-0.2, 0) is 11.3 Å². The highest BCUT2D eigenvalue weighted by Gasteiger charge is 2.30. The summed E-state index contributed by atoms with van der Waals surface area (Å²) < 4.78 is 2.11. The number of nitrogens with zero attached hydrogens (tertiary/aromatic N) is 3. The molecule has 2 heterocycles. The predicted octanol–water partition coefficient (Wildman–Crippen LogP) is 2.04. The second-order valence-electron chi connectivity index (χ2n) is 6.91. The Morgan fingerprint density at radius 3 is 2.64 bits per heavy atom. The maximum absolute atomic E-state index is 12.4. The molecule has 1 atom stereocenters. The first kappa shape index (κ1) is 15.5. The number of rotatable bonds is 5. The highest BCUT2D eigenvalue weighted by molar-refractivity contribution is 5.79. The minimum absolute atomic E-state index is 0.324. The Kier molecular flexibility index (Phi) is 5.13. The van der Waals surface area contributed by atoms with Crippen molar-refractivity contribution in [3.8, 4) is 0 Å². The van der Waals surface area contributed by atoms with Crippen molar-refractivity contribution in [1.29, 1.82) is 0 Å². The molecule has 1 aliphatic carbocycles. The Morgan fingerprint density at radius 2 is 2.00 bits per heavy atom. The van der Waals surface area contributed by atoms with Gasteiger partial charge in [0.15, 0.2) is 0 Å². The van der Waals surface area contributed by atoms with Crippen LogP contribution in [0.1, 0.15) is 45.4 Å². The molecular weight excluding hydrogens is 276 g/mol. The lowest BCUT2D eigenvalue weighted by Crippen LogP contribution is -2.49. The van der Waals surface area contributed by atoms with E-state index in [2.05, 4.69) is 26.7 Å². The number of carbonyl (C=O) groups is 1. The number of amides is 1. The Balaban J connectivity index is 1.40. The van der Waals surface area contributed by atoms with Gasteiger partial charge in [0, 0.05) is 50.0 Å². The minimum atomic E-state index is 0.324. The summed E-state index contributed by atoms with van der Waals surface area (Å²) in [5.74, 6) is 0.743. The van der Waals surface area contributed by atoms with Crippen LogP contribution in [-0.4, -0.2) is 45.5 Å². The van der Waals surface area contributed by atoms with Crippen LogP contribution >= 0.6 is 0 Å². The van der Waals surface area contributed by atoms with E-state index in [-0.39, 0.29) is 0 Å². The van der Waals surface area contributed by atoms with Crippen LogP contribution in [0, 0.1) is 5.92 Å². The lowest BCUT2D eigenvalue weighted by molar-refractivity contribution is -0.136. The molecule has 0 bridgehead atoms. The normalized spacial score (nSPS) is 22.1. The Morgan fingerprint density at radius 1 is 1.27 bits per heavy atom.